The molecule has 162 valence electrons. The Morgan fingerprint density at radius 3 is 2.58 bits per heavy atom. The van der Waals surface area contributed by atoms with Crippen molar-refractivity contribution in [2.75, 3.05) is 0 Å². The topological polar surface area (TPSA) is 63.8 Å². The molecule has 1 N–H and O–H groups in total. The second kappa shape index (κ2) is 9.30. The SMILES string of the molecule is O=C(NN=Cc1ccc(OCc2cccc3ccccc23)c(Br)c1)c1cc2ccccc2o1. The maximum absolute atomic E-state index is 12.3. The molecular formula is C27H19BrN2O3. The predicted octanol–water partition coefficient (Wildman–Crippen LogP) is 6.69. The van der Waals surface area contributed by atoms with E-state index in [-0.39, 0.29) is 5.76 Å². The smallest absolute Gasteiger partial charge is 0.307 e. The fourth-order valence-corrected chi connectivity index (χ4v) is 4.11. The van der Waals surface area contributed by atoms with Crippen LogP contribution in [-0.2, 0) is 6.61 Å². The van der Waals surface area contributed by atoms with E-state index < -0.39 is 5.91 Å². The van der Waals surface area contributed by atoms with Gasteiger partial charge < -0.3 is 9.15 Å². The molecule has 1 amide bonds. The molecule has 0 bridgehead atoms. The van der Waals surface area contributed by atoms with Gasteiger partial charge in [0.1, 0.15) is 17.9 Å². The summed E-state index contributed by atoms with van der Waals surface area (Å²) < 4.78 is 12.4. The second-order valence-corrected chi connectivity index (χ2v) is 8.32. The van der Waals surface area contributed by atoms with Crippen LogP contribution >= 0.6 is 15.9 Å². The molecule has 0 aliphatic rings. The van der Waals surface area contributed by atoms with E-state index in [1.54, 1.807) is 12.3 Å². The Morgan fingerprint density at radius 2 is 1.73 bits per heavy atom. The fourth-order valence-electron chi connectivity index (χ4n) is 3.60. The molecule has 0 fully saturated rings. The van der Waals surface area contributed by atoms with Crippen LogP contribution in [0.4, 0.5) is 0 Å². The van der Waals surface area contributed by atoms with E-state index in [0.717, 1.165) is 26.7 Å². The number of halogens is 1. The first kappa shape index (κ1) is 21.0. The molecule has 0 radical (unpaired) electrons. The summed E-state index contributed by atoms with van der Waals surface area (Å²) in [7, 11) is 0. The Hall–Kier alpha value is -3.90. The number of hydrogen-bond acceptors (Lipinski definition) is 4. The van der Waals surface area contributed by atoms with Gasteiger partial charge in [0.15, 0.2) is 5.76 Å². The third-order valence-electron chi connectivity index (χ3n) is 5.25. The molecule has 0 unspecified atom stereocenters. The van der Waals surface area contributed by atoms with Gasteiger partial charge in [-0.25, -0.2) is 5.43 Å². The summed E-state index contributed by atoms with van der Waals surface area (Å²) >= 11 is 3.56. The van der Waals surface area contributed by atoms with Crippen LogP contribution in [0.3, 0.4) is 0 Å². The number of amides is 1. The molecule has 5 aromatic rings. The lowest BCUT2D eigenvalue weighted by Crippen LogP contribution is -2.16. The van der Waals surface area contributed by atoms with Crippen LogP contribution in [0.25, 0.3) is 21.7 Å². The van der Waals surface area contributed by atoms with Gasteiger partial charge in [-0.15, -0.1) is 0 Å². The second-order valence-electron chi connectivity index (χ2n) is 7.46. The normalized spacial score (nSPS) is 11.3. The Kier molecular flexibility index (Phi) is 5.91. The molecule has 0 aliphatic heterocycles. The standard InChI is InChI=1S/C27H19BrN2O3/c28-23-14-18(16-29-30-27(31)26-15-20-7-2-4-11-24(20)33-26)12-13-25(23)32-17-21-9-5-8-19-6-1-3-10-22(19)21/h1-16H,17H2,(H,30,31). The summed E-state index contributed by atoms with van der Waals surface area (Å²) in [5.74, 6) is 0.537. The lowest BCUT2D eigenvalue weighted by molar-refractivity contribution is 0.0929. The van der Waals surface area contributed by atoms with Crippen molar-refractivity contribution >= 4 is 49.8 Å². The van der Waals surface area contributed by atoms with Crippen molar-refractivity contribution in [3.8, 4) is 5.75 Å². The Balaban J connectivity index is 1.23. The number of carbonyl (C=O) groups is 1. The lowest BCUT2D eigenvalue weighted by atomic mass is 10.1. The zero-order valence-electron chi connectivity index (χ0n) is 17.5. The molecule has 4 aromatic carbocycles. The van der Waals surface area contributed by atoms with Crippen LogP contribution < -0.4 is 10.2 Å². The molecule has 5 nitrogen and oxygen atoms in total. The Morgan fingerprint density at radius 1 is 0.939 bits per heavy atom. The number of ether oxygens (including phenoxy) is 1. The van der Waals surface area contributed by atoms with E-state index in [2.05, 4.69) is 50.7 Å². The molecule has 0 saturated heterocycles. The molecule has 33 heavy (non-hydrogen) atoms. The van der Waals surface area contributed by atoms with Crippen LogP contribution in [0.2, 0.25) is 0 Å². The van der Waals surface area contributed by atoms with E-state index in [1.807, 2.05) is 60.7 Å². The monoisotopic (exact) mass is 498 g/mol. The van der Waals surface area contributed by atoms with Crippen LogP contribution in [0.5, 0.6) is 5.75 Å². The minimum atomic E-state index is -0.406. The average molecular weight is 499 g/mol. The number of para-hydroxylation sites is 1. The van der Waals surface area contributed by atoms with Gasteiger partial charge in [0.25, 0.3) is 0 Å². The molecule has 1 aromatic heterocycles. The molecule has 6 heteroatoms. The number of furan rings is 1. The Bertz CT molecular complexity index is 1450. The summed E-state index contributed by atoms with van der Waals surface area (Å²) in [5, 5.41) is 7.28. The molecule has 1 heterocycles. The van der Waals surface area contributed by atoms with Gasteiger partial charge in [-0.3, -0.25) is 4.79 Å². The zero-order valence-corrected chi connectivity index (χ0v) is 19.1. The highest BCUT2D eigenvalue weighted by atomic mass is 79.9. The summed E-state index contributed by atoms with van der Waals surface area (Å²) in [5.41, 5.74) is 5.09. The van der Waals surface area contributed by atoms with Crippen molar-refractivity contribution in [3.63, 3.8) is 0 Å². The lowest BCUT2D eigenvalue weighted by Gasteiger charge is -2.11. The first-order valence-electron chi connectivity index (χ1n) is 10.4. The van der Waals surface area contributed by atoms with Crippen molar-refractivity contribution in [1.29, 1.82) is 0 Å². The van der Waals surface area contributed by atoms with Gasteiger partial charge in [-0.2, -0.15) is 5.10 Å². The summed E-state index contributed by atoms with van der Waals surface area (Å²) in [6.45, 7) is 0.459. The molecule has 5 rings (SSSR count). The number of hydrogen-bond donors (Lipinski definition) is 1. The minimum Gasteiger partial charge on any atom is -0.488 e. The van der Waals surface area contributed by atoms with E-state index in [0.29, 0.717) is 12.2 Å². The van der Waals surface area contributed by atoms with Crippen LogP contribution in [0.15, 0.2) is 105 Å². The number of fused-ring (bicyclic) bond motifs is 2. The van der Waals surface area contributed by atoms with Crippen molar-refractivity contribution in [2.45, 2.75) is 6.61 Å². The average Bonchev–Trinajstić information content (AvgIpc) is 3.28. The van der Waals surface area contributed by atoms with Gasteiger partial charge in [0, 0.05) is 5.39 Å². The zero-order chi connectivity index (χ0) is 22.6. The number of rotatable bonds is 6. The summed E-state index contributed by atoms with van der Waals surface area (Å²) in [6, 6.07) is 29.2. The molecular weight excluding hydrogens is 480 g/mol. The third kappa shape index (κ3) is 4.66. The largest absolute Gasteiger partial charge is 0.488 e. The van der Waals surface area contributed by atoms with Crippen molar-refractivity contribution < 1.29 is 13.9 Å². The molecule has 0 aliphatic carbocycles. The van der Waals surface area contributed by atoms with Gasteiger partial charge in [0.2, 0.25) is 0 Å². The first-order chi connectivity index (χ1) is 16.2. The molecule has 0 atom stereocenters. The maximum atomic E-state index is 12.3. The van der Waals surface area contributed by atoms with Gasteiger partial charge in [-0.1, -0.05) is 60.7 Å². The predicted molar refractivity (Wildman–Crippen MR) is 134 cm³/mol. The van der Waals surface area contributed by atoms with Crippen molar-refractivity contribution in [2.24, 2.45) is 5.10 Å². The number of hydrazone groups is 1. The highest BCUT2D eigenvalue weighted by molar-refractivity contribution is 9.10. The number of carbonyl (C=O) groups excluding carboxylic acids is 1. The van der Waals surface area contributed by atoms with E-state index in [1.165, 1.54) is 10.8 Å². The van der Waals surface area contributed by atoms with E-state index in [9.17, 15) is 4.79 Å². The summed E-state index contributed by atoms with van der Waals surface area (Å²) in [4.78, 5) is 12.3. The van der Waals surface area contributed by atoms with E-state index >= 15 is 0 Å². The van der Waals surface area contributed by atoms with Crippen molar-refractivity contribution in [3.05, 3.63) is 112 Å². The number of nitrogens with one attached hydrogen (secondary N) is 1. The van der Waals surface area contributed by atoms with Crippen LogP contribution in [0, 0.1) is 0 Å². The van der Waals surface area contributed by atoms with E-state index in [4.69, 9.17) is 9.15 Å². The molecule has 0 spiro atoms. The molecule has 0 saturated carbocycles. The minimum absolute atomic E-state index is 0.215. The van der Waals surface area contributed by atoms with Gasteiger partial charge in [0.05, 0.1) is 10.7 Å². The first-order valence-corrected chi connectivity index (χ1v) is 11.2. The number of benzene rings is 4. The highest BCUT2D eigenvalue weighted by Gasteiger charge is 2.11. The van der Waals surface area contributed by atoms with Crippen LogP contribution in [-0.4, -0.2) is 12.1 Å². The quantitative estimate of drug-likeness (QED) is 0.209. The van der Waals surface area contributed by atoms with Crippen LogP contribution in [0.1, 0.15) is 21.7 Å². The maximum Gasteiger partial charge on any atom is 0.307 e. The van der Waals surface area contributed by atoms with Gasteiger partial charge in [-0.05, 0) is 68.2 Å². The fraction of sp³-hybridized carbons (Fsp3) is 0.0370. The number of nitrogens with zero attached hydrogens (tertiary/aromatic N) is 1. The Labute approximate surface area is 198 Å². The third-order valence-corrected chi connectivity index (χ3v) is 5.87. The van der Waals surface area contributed by atoms with Gasteiger partial charge >= 0.3 is 5.91 Å². The van der Waals surface area contributed by atoms with Crippen molar-refractivity contribution in [1.82, 2.24) is 5.43 Å². The summed E-state index contributed by atoms with van der Waals surface area (Å²) in [6.07, 6.45) is 1.57. The highest BCUT2D eigenvalue weighted by Crippen LogP contribution is 2.27.